The van der Waals surface area contributed by atoms with Gasteiger partial charge in [0, 0.05) is 11.4 Å². The van der Waals surface area contributed by atoms with E-state index in [0.717, 1.165) is 21.9 Å². The summed E-state index contributed by atoms with van der Waals surface area (Å²) in [6.45, 7) is 2.01. The number of nitrogens with two attached hydrogens (primary N) is 1. The Hall–Kier alpha value is -0.800. The van der Waals surface area contributed by atoms with Crippen LogP contribution in [0.1, 0.15) is 12.5 Å². The zero-order valence-corrected chi connectivity index (χ0v) is 9.54. The summed E-state index contributed by atoms with van der Waals surface area (Å²) in [6.07, 6.45) is 2.61. The fraction of sp³-hybridized carbons (Fsp3) is 0.273. The lowest BCUT2D eigenvalue weighted by molar-refractivity contribution is 0.613. The van der Waals surface area contributed by atoms with Gasteiger partial charge in [-0.3, -0.25) is 0 Å². The highest BCUT2D eigenvalue weighted by Crippen LogP contribution is 2.26. The number of hydrogen-bond acceptors (Lipinski definition) is 2. The van der Waals surface area contributed by atoms with E-state index in [1.165, 1.54) is 5.56 Å². The summed E-state index contributed by atoms with van der Waals surface area (Å²) in [6, 6.07) is 6.35. The van der Waals surface area contributed by atoms with E-state index in [0.29, 0.717) is 0 Å². The van der Waals surface area contributed by atoms with Crippen molar-refractivity contribution in [2.45, 2.75) is 19.4 Å². The molecule has 1 aromatic heterocycles. The Morgan fingerprint density at radius 3 is 3.00 bits per heavy atom. The zero-order chi connectivity index (χ0) is 10.1. The van der Waals surface area contributed by atoms with Crippen molar-refractivity contribution in [2.75, 3.05) is 0 Å². The molecule has 14 heavy (non-hydrogen) atoms. The molecule has 0 saturated carbocycles. The Balaban J connectivity index is 2.44. The summed E-state index contributed by atoms with van der Waals surface area (Å²) in [5.74, 6) is 0. The van der Waals surface area contributed by atoms with Gasteiger partial charge in [-0.25, -0.2) is 0 Å². The largest absolute Gasteiger partial charge is 0.463 e. The molecule has 1 heterocycles. The first-order valence-corrected chi connectivity index (χ1v) is 5.37. The van der Waals surface area contributed by atoms with Crippen LogP contribution in [-0.2, 0) is 6.42 Å². The summed E-state index contributed by atoms with van der Waals surface area (Å²) in [4.78, 5) is 0. The normalized spacial score (nSPS) is 13.4. The summed E-state index contributed by atoms with van der Waals surface area (Å²) >= 11 is 3.44. The molecule has 2 rings (SSSR count). The van der Waals surface area contributed by atoms with Gasteiger partial charge in [-0.15, -0.1) is 0 Å². The molecule has 2 nitrogen and oxygen atoms in total. The molecule has 0 saturated heterocycles. The van der Waals surface area contributed by atoms with Crippen LogP contribution in [0.3, 0.4) is 0 Å². The van der Waals surface area contributed by atoms with Gasteiger partial charge in [0.25, 0.3) is 0 Å². The van der Waals surface area contributed by atoms with E-state index in [4.69, 9.17) is 10.2 Å². The Labute approximate surface area is 91.2 Å². The number of benzene rings is 1. The van der Waals surface area contributed by atoms with Crippen molar-refractivity contribution in [3.63, 3.8) is 0 Å². The SMILES string of the molecule is CC(N)Cc1ccc2occ(Br)c2c1. The smallest absolute Gasteiger partial charge is 0.135 e. The van der Waals surface area contributed by atoms with Gasteiger partial charge in [-0.2, -0.15) is 0 Å². The number of fused-ring (bicyclic) bond motifs is 1. The zero-order valence-electron chi connectivity index (χ0n) is 7.96. The molecular weight excluding hydrogens is 242 g/mol. The molecule has 1 aromatic carbocycles. The molecule has 0 fully saturated rings. The molecule has 0 aliphatic heterocycles. The van der Waals surface area contributed by atoms with E-state index in [9.17, 15) is 0 Å². The predicted octanol–water partition coefficient (Wildman–Crippen LogP) is 3.09. The van der Waals surface area contributed by atoms with Crippen molar-refractivity contribution >= 4 is 26.9 Å². The maximum atomic E-state index is 5.75. The highest BCUT2D eigenvalue weighted by atomic mass is 79.9. The van der Waals surface area contributed by atoms with Crippen LogP contribution in [0.2, 0.25) is 0 Å². The Morgan fingerprint density at radius 1 is 1.50 bits per heavy atom. The van der Waals surface area contributed by atoms with Crippen LogP contribution >= 0.6 is 15.9 Å². The van der Waals surface area contributed by atoms with Gasteiger partial charge < -0.3 is 10.2 Å². The molecule has 0 radical (unpaired) electrons. The van der Waals surface area contributed by atoms with Gasteiger partial charge in [-0.1, -0.05) is 6.07 Å². The van der Waals surface area contributed by atoms with Crippen LogP contribution in [-0.4, -0.2) is 6.04 Å². The highest BCUT2D eigenvalue weighted by molar-refractivity contribution is 9.10. The van der Waals surface area contributed by atoms with Crippen LogP contribution in [0.4, 0.5) is 0 Å². The minimum Gasteiger partial charge on any atom is -0.463 e. The van der Waals surface area contributed by atoms with Gasteiger partial charge >= 0.3 is 0 Å². The molecule has 3 heteroatoms. The van der Waals surface area contributed by atoms with Crippen LogP contribution in [0.25, 0.3) is 11.0 Å². The van der Waals surface area contributed by atoms with Crippen molar-refractivity contribution in [3.05, 3.63) is 34.5 Å². The predicted molar refractivity (Wildman–Crippen MR) is 61.3 cm³/mol. The van der Waals surface area contributed by atoms with E-state index in [1.54, 1.807) is 6.26 Å². The third-order valence-electron chi connectivity index (χ3n) is 2.15. The highest BCUT2D eigenvalue weighted by Gasteiger charge is 2.05. The number of hydrogen-bond donors (Lipinski definition) is 1. The van der Waals surface area contributed by atoms with E-state index in [2.05, 4.69) is 28.1 Å². The topological polar surface area (TPSA) is 39.2 Å². The molecule has 1 unspecified atom stereocenters. The second-order valence-electron chi connectivity index (χ2n) is 3.60. The van der Waals surface area contributed by atoms with Crippen LogP contribution in [0.15, 0.2) is 33.4 Å². The molecule has 0 bridgehead atoms. The molecule has 0 aliphatic rings. The van der Waals surface area contributed by atoms with Crippen LogP contribution < -0.4 is 5.73 Å². The van der Waals surface area contributed by atoms with Gasteiger partial charge in [0.05, 0.1) is 4.47 Å². The van der Waals surface area contributed by atoms with Gasteiger partial charge in [0.1, 0.15) is 11.8 Å². The average molecular weight is 254 g/mol. The minimum atomic E-state index is 0.193. The first-order valence-electron chi connectivity index (χ1n) is 4.58. The van der Waals surface area contributed by atoms with Gasteiger partial charge in [0.15, 0.2) is 0 Å². The maximum Gasteiger partial charge on any atom is 0.135 e. The third kappa shape index (κ3) is 1.83. The molecule has 0 amide bonds. The summed E-state index contributed by atoms with van der Waals surface area (Å²) in [7, 11) is 0. The van der Waals surface area contributed by atoms with E-state index < -0.39 is 0 Å². The first-order chi connectivity index (χ1) is 6.66. The third-order valence-corrected chi connectivity index (χ3v) is 2.76. The van der Waals surface area contributed by atoms with E-state index in [-0.39, 0.29) is 6.04 Å². The molecule has 2 aromatic rings. The Kier molecular flexibility index (Phi) is 2.61. The monoisotopic (exact) mass is 253 g/mol. The molecule has 2 N–H and O–H groups in total. The lowest BCUT2D eigenvalue weighted by atomic mass is 10.1. The Morgan fingerprint density at radius 2 is 2.29 bits per heavy atom. The average Bonchev–Trinajstić information content (AvgIpc) is 2.47. The minimum absolute atomic E-state index is 0.193. The number of rotatable bonds is 2. The van der Waals surface area contributed by atoms with E-state index >= 15 is 0 Å². The molecule has 0 aliphatic carbocycles. The lowest BCUT2D eigenvalue weighted by Crippen LogP contribution is -2.17. The van der Waals surface area contributed by atoms with Crippen molar-refractivity contribution in [1.29, 1.82) is 0 Å². The van der Waals surface area contributed by atoms with E-state index in [1.807, 2.05) is 13.0 Å². The Bertz CT molecular complexity index is 447. The second kappa shape index (κ2) is 3.75. The van der Waals surface area contributed by atoms with Crippen molar-refractivity contribution < 1.29 is 4.42 Å². The number of furan rings is 1. The van der Waals surface area contributed by atoms with Gasteiger partial charge in [-0.05, 0) is 47.0 Å². The molecule has 0 spiro atoms. The van der Waals surface area contributed by atoms with Crippen molar-refractivity contribution in [1.82, 2.24) is 0 Å². The van der Waals surface area contributed by atoms with Crippen LogP contribution in [0, 0.1) is 0 Å². The fourth-order valence-corrected chi connectivity index (χ4v) is 1.95. The van der Waals surface area contributed by atoms with Crippen LogP contribution in [0.5, 0.6) is 0 Å². The summed E-state index contributed by atoms with van der Waals surface area (Å²) in [5.41, 5.74) is 7.90. The first kappa shape index (κ1) is 9.74. The number of halogens is 1. The maximum absolute atomic E-state index is 5.75. The fourth-order valence-electron chi connectivity index (χ4n) is 1.54. The summed E-state index contributed by atoms with van der Waals surface area (Å²) in [5, 5.41) is 1.11. The summed E-state index contributed by atoms with van der Waals surface area (Å²) < 4.78 is 6.33. The lowest BCUT2D eigenvalue weighted by Gasteiger charge is -2.04. The van der Waals surface area contributed by atoms with Crippen molar-refractivity contribution in [3.8, 4) is 0 Å². The molecule has 74 valence electrons. The molecular formula is C11H12BrNO. The standard InChI is InChI=1S/C11H12BrNO/c1-7(13)4-8-2-3-11-9(5-8)10(12)6-14-11/h2-3,5-7H,4,13H2,1H3. The van der Waals surface area contributed by atoms with Gasteiger partial charge in [0.2, 0.25) is 0 Å². The second-order valence-corrected chi connectivity index (χ2v) is 4.45. The quantitative estimate of drug-likeness (QED) is 0.894. The molecule has 1 atom stereocenters. The van der Waals surface area contributed by atoms with Crippen molar-refractivity contribution in [2.24, 2.45) is 5.73 Å².